The van der Waals surface area contributed by atoms with Crippen LogP contribution in [0.3, 0.4) is 0 Å². The molecule has 20 heavy (non-hydrogen) atoms. The predicted octanol–water partition coefficient (Wildman–Crippen LogP) is 3.80. The van der Waals surface area contributed by atoms with Crippen molar-refractivity contribution in [2.45, 2.75) is 40.2 Å². The van der Waals surface area contributed by atoms with Crippen LogP contribution < -0.4 is 10.1 Å². The molecule has 0 aliphatic carbocycles. The van der Waals surface area contributed by atoms with Crippen molar-refractivity contribution in [1.82, 2.24) is 5.32 Å². The lowest BCUT2D eigenvalue weighted by molar-refractivity contribution is 0.0819. The number of hydrogen-bond donors (Lipinski definition) is 1. The Kier molecular flexibility index (Phi) is 8.31. The first-order valence-corrected chi connectivity index (χ1v) is 7.71. The predicted molar refractivity (Wildman–Crippen MR) is 84.3 cm³/mol. The summed E-state index contributed by atoms with van der Waals surface area (Å²) in [6.07, 6.45) is 1.09. The molecule has 0 fully saturated rings. The van der Waals surface area contributed by atoms with E-state index in [4.69, 9.17) is 9.47 Å². The summed E-state index contributed by atoms with van der Waals surface area (Å²) in [5.41, 5.74) is 1.32. The van der Waals surface area contributed by atoms with Gasteiger partial charge in [0.05, 0.1) is 6.61 Å². The molecule has 1 aromatic carbocycles. The lowest BCUT2D eigenvalue weighted by atomic mass is 10.0. The molecule has 0 heterocycles. The number of benzene rings is 1. The second-order valence-corrected chi connectivity index (χ2v) is 5.40. The molecule has 1 N–H and O–H groups in total. The molecule has 0 saturated carbocycles. The van der Waals surface area contributed by atoms with Crippen LogP contribution in [0.4, 0.5) is 0 Å². The van der Waals surface area contributed by atoms with E-state index in [-0.39, 0.29) is 0 Å². The number of rotatable bonds is 10. The van der Waals surface area contributed by atoms with E-state index in [0.29, 0.717) is 25.2 Å². The Morgan fingerprint density at radius 1 is 1.05 bits per heavy atom. The summed E-state index contributed by atoms with van der Waals surface area (Å²) in [5.74, 6) is 1.49. The van der Waals surface area contributed by atoms with Crippen LogP contribution in [0, 0.1) is 5.92 Å². The van der Waals surface area contributed by atoms with Gasteiger partial charge in [-0.3, -0.25) is 0 Å². The molecule has 0 saturated heterocycles. The maximum Gasteiger partial charge on any atom is 0.119 e. The van der Waals surface area contributed by atoms with E-state index in [1.807, 2.05) is 12.1 Å². The first-order valence-electron chi connectivity index (χ1n) is 7.71. The molecule has 0 radical (unpaired) electrons. The fourth-order valence-corrected chi connectivity index (χ4v) is 2.08. The summed E-state index contributed by atoms with van der Waals surface area (Å²) in [6, 6.07) is 8.79. The Morgan fingerprint density at radius 3 is 2.30 bits per heavy atom. The van der Waals surface area contributed by atoms with E-state index >= 15 is 0 Å². The molecule has 3 heteroatoms. The van der Waals surface area contributed by atoms with Crippen molar-refractivity contribution in [3.63, 3.8) is 0 Å². The molecule has 0 amide bonds. The second-order valence-electron chi connectivity index (χ2n) is 5.40. The van der Waals surface area contributed by atoms with Gasteiger partial charge < -0.3 is 14.8 Å². The minimum atomic E-state index is 0.434. The van der Waals surface area contributed by atoms with Gasteiger partial charge in [-0.15, -0.1) is 0 Å². The lowest BCUT2D eigenvalue weighted by Gasteiger charge is -2.16. The zero-order valence-corrected chi connectivity index (χ0v) is 13.3. The van der Waals surface area contributed by atoms with Crippen molar-refractivity contribution in [1.29, 1.82) is 0 Å². The van der Waals surface area contributed by atoms with Crippen molar-refractivity contribution >= 4 is 0 Å². The van der Waals surface area contributed by atoms with Crippen LogP contribution in [-0.4, -0.2) is 26.4 Å². The Hall–Kier alpha value is -1.06. The molecule has 0 aromatic heterocycles. The van der Waals surface area contributed by atoms with Gasteiger partial charge in [0.2, 0.25) is 0 Å². The van der Waals surface area contributed by atoms with Gasteiger partial charge in [-0.2, -0.15) is 0 Å². The molecule has 0 aliphatic heterocycles. The molecule has 1 atom stereocenters. The van der Waals surface area contributed by atoms with Gasteiger partial charge >= 0.3 is 0 Å². The highest BCUT2D eigenvalue weighted by atomic mass is 16.5. The van der Waals surface area contributed by atoms with E-state index in [2.05, 4.69) is 45.1 Å². The Labute approximate surface area is 123 Å². The highest BCUT2D eigenvalue weighted by molar-refractivity contribution is 5.29. The van der Waals surface area contributed by atoms with Gasteiger partial charge in [0.15, 0.2) is 0 Å². The lowest BCUT2D eigenvalue weighted by Crippen LogP contribution is -2.19. The van der Waals surface area contributed by atoms with E-state index in [1.165, 1.54) is 5.56 Å². The quantitative estimate of drug-likeness (QED) is 0.661. The zero-order valence-electron chi connectivity index (χ0n) is 13.3. The molecule has 1 unspecified atom stereocenters. The van der Waals surface area contributed by atoms with Crippen LogP contribution in [0.2, 0.25) is 0 Å². The fraction of sp³-hybridized carbons (Fsp3) is 0.647. The highest BCUT2D eigenvalue weighted by Gasteiger charge is 2.07. The van der Waals surface area contributed by atoms with E-state index in [1.54, 1.807) is 0 Å². The molecule has 114 valence electrons. The summed E-state index contributed by atoms with van der Waals surface area (Å²) in [4.78, 5) is 0. The Bertz CT molecular complexity index is 349. The number of nitrogens with one attached hydrogen (secondary N) is 1. The topological polar surface area (TPSA) is 30.5 Å². The van der Waals surface area contributed by atoms with Crippen molar-refractivity contribution in [2.75, 3.05) is 26.4 Å². The molecule has 1 rings (SSSR count). The average Bonchev–Trinajstić information content (AvgIpc) is 2.45. The number of ether oxygens (including phenoxy) is 2. The molecule has 0 aliphatic rings. The van der Waals surface area contributed by atoms with Crippen LogP contribution in [0.5, 0.6) is 5.75 Å². The minimum Gasteiger partial charge on any atom is -0.491 e. The normalized spacial score (nSPS) is 12.7. The van der Waals surface area contributed by atoms with Crippen molar-refractivity contribution in [3.05, 3.63) is 29.8 Å². The maximum atomic E-state index is 5.67. The largest absolute Gasteiger partial charge is 0.491 e. The first-order chi connectivity index (χ1) is 9.67. The molecule has 0 bridgehead atoms. The van der Waals surface area contributed by atoms with E-state index < -0.39 is 0 Å². The van der Waals surface area contributed by atoms with Gasteiger partial charge in [-0.25, -0.2) is 0 Å². The molecular weight excluding hydrogens is 250 g/mol. The van der Waals surface area contributed by atoms with E-state index in [9.17, 15) is 0 Å². The van der Waals surface area contributed by atoms with Crippen LogP contribution >= 0.6 is 0 Å². The maximum absolute atomic E-state index is 5.67. The SMILES string of the molecule is CCNC(CC)c1ccc(OCCOCC(C)C)cc1. The highest BCUT2D eigenvalue weighted by Crippen LogP contribution is 2.20. The first kappa shape index (κ1) is 17.0. The van der Waals surface area contributed by atoms with Crippen molar-refractivity contribution in [2.24, 2.45) is 5.92 Å². The van der Waals surface area contributed by atoms with Crippen molar-refractivity contribution in [3.8, 4) is 5.75 Å². The summed E-state index contributed by atoms with van der Waals surface area (Å²) < 4.78 is 11.2. The molecule has 0 spiro atoms. The van der Waals surface area contributed by atoms with Crippen LogP contribution in [0.25, 0.3) is 0 Å². The Balaban J connectivity index is 2.34. The van der Waals surface area contributed by atoms with Crippen LogP contribution in [0.15, 0.2) is 24.3 Å². The molecular formula is C17H29NO2. The minimum absolute atomic E-state index is 0.434. The van der Waals surface area contributed by atoms with Gasteiger partial charge in [-0.05, 0) is 36.6 Å². The molecule has 1 aromatic rings. The zero-order chi connectivity index (χ0) is 14.8. The second kappa shape index (κ2) is 9.78. The van der Waals surface area contributed by atoms with Crippen molar-refractivity contribution < 1.29 is 9.47 Å². The standard InChI is InChI=1S/C17H29NO2/c1-5-17(18-6-2)15-7-9-16(10-8-15)20-12-11-19-13-14(3)4/h7-10,14,17-18H,5-6,11-13H2,1-4H3. The van der Waals surface area contributed by atoms with E-state index in [0.717, 1.165) is 25.3 Å². The third-order valence-corrected chi connectivity index (χ3v) is 3.09. The smallest absolute Gasteiger partial charge is 0.119 e. The van der Waals surface area contributed by atoms with Gasteiger partial charge in [0, 0.05) is 12.6 Å². The number of hydrogen-bond acceptors (Lipinski definition) is 3. The fourth-order valence-electron chi connectivity index (χ4n) is 2.08. The summed E-state index contributed by atoms with van der Waals surface area (Å²) in [5, 5.41) is 3.48. The summed E-state index contributed by atoms with van der Waals surface area (Å²) >= 11 is 0. The third kappa shape index (κ3) is 6.40. The average molecular weight is 279 g/mol. The van der Waals surface area contributed by atoms with Gasteiger partial charge in [0.25, 0.3) is 0 Å². The monoisotopic (exact) mass is 279 g/mol. The van der Waals surface area contributed by atoms with Crippen LogP contribution in [-0.2, 0) is 4.74 Å². The summed E-state index contributed by atoms with van der Waals surface area (Å²) in [7, 11) is 0. The van der Waals surface area contributed by atoms with Crippen LogP contribution in [0.1, 0.15) is 45.7 Å². The summed E-state index contributed by atoms with van der Waals surface area (Å²) in [6.45, 7) is 11.7. The Morgan fingerprint density at radius 2 is 1.75 bits per heavy atom. The molecule has 3 nitrogen and oxygen atoms in total. The van der Waals surface area contributed by atoms with Gasteiger partial charge in [-0.1, -0.05) is 39.8 Å². The third-order valence-electron chi connectivity index (χ3n) is 3.09. The van der Waals surface area contributed by atoms with Gasteiger partial charge in [0.1, 0.15) is 12.4 Å².